The molecule has 0 unspecified atom stereocenters. The lowest BCUT2D eigenvalue weighted by Crippen LogP contribution is -2.40. The Hall–Kier alpha value is -3.31. The SMILES string of the molecule is CN1CCCN(C(=O)C2CCC(n3c(Nc4ccccc4F)nc4cnc(NC5CCC(O)CC5)nc43)CC2)CC1. The fourth-order valence-electron chi connectivity index (χ4n) is 6.59. The van der Waals surface area contributed by atoms with Crippen molar-refractivity contribution in [3.63, 3.8) is 0 Å². The molecule has 1 saturated heterocycles. The lowest BCUT2D eigenvalue weighted by molar-refractivity contribution is -0.136. The molecule has 41 heavy (non-hydrogen) atoms. The summed E-state index contributed by atoms with van der Waals surface area (Å²) in [5, 5.41) is 16.5. The molecule has 1 amide bonds. The van der Waals surface area contributed by atoms with Gasteiger partial charge in [0.15, 0.2) is 5.65 Å². The molecule has 220 valence electrons. The van der Waals surface area contributed by atoms with Crippen LogP contribution in [0.5, 0.6) is 0 Å². The number of nitrogens with zero attached hydrogens (tertiary/aromatic N) is 6. The first kappa shape index (κ1) is 27.8. The smallest absolute Gasteiger partial charge is 0.225 e. The molecule has 2 saturated carbocycles. The minimum absolute atomic E-state index is 0.0286. The van der Waals surface area contributed by atoms with Crippen molar-refractivity contribution < 1.29 is 14.3 Å². The van der Waals surface area contributed by atoms with Crippen LogP contribution in [-0.2, 0) is 4.79 Å². The van der Waals surface area contributed by atoms with Crippen LogP contribution in [0.3, 0.4) is 0 Å². The van der Waals surface area contributed by atoms with Crippen LogP contribution in [-0.4, -0.2) is 85.7 Å². The highest BCUT2D eigenvalue weighted by Crippen LogP contribution is 2.38. The lowest BCUT2D eigenvalue weighted by atomic mass is 9.85. The van der Waals surface area contributed by atoms with E-state index in [4.69, 9.17) is 9.97 Å². The summed E-state index contributed by atoms with van der Waals surface area (Å²) in [7, 11) is 2.12. The quantitative estimate of drug-likeness (QED) is 0.406. The van der Waals surface area contributed by atoms with Gasteiger partial charge in [-0.3, -0.25) is 9.36 Å². The first-order valence-electron chi connectivity index (χ1n) is 15.1. The zero-order valence-corrected chi connectivity index (χ0v) is 23.8. The van der Waals surface area contributed by atoms with Crippen molar-refractivity contribution in [2.24, 2.45) is 5.92 Å². The molecule has 3 N–H and O–H groups in total. The predicted molar refractivity (Wildman–Crippen MR) is 157 cm³/mol. The van der Waals surface area contributed by atoms with E-state index in [1.807, 2.05) is 0 Å². The van der Waals surface area contributed by atoms with Crippen LogP contribution in [0.2, 0.25) is 0 Å². The van der Waals surface area contributed by atoms with Crippen LogP contribution in [0.1, 0.15) is 63.8 Å². The van der Waals surface area contributed by atoms with Gasteiger partial charge in [0.2, 0.25) is 17.8 Å². The van der Waals surface area contributed by atoms with E-state index < -0.39 is 0 Å². The van der Waals surface area contributed by atoms with Crippen molar-refractivity contribution in [1.29, 1.82) is 0 Å². The summed E-state index contributed by atoms with van der Waals surface area (Å²) in [4.78, 5) is 32.0. The number of benzene rings is 1. The average molecular weight is 565 g/mol. The van der Waals surface area contributed by atoms with Gasteiger partial charge < -0.3 is 25.5 Å². The van der Waals surface area contributed by atoms with Gasteiger partial charge in [-0.2, -0.15) is 4.98 Å². The third-order valence-electron chi connectivity index (χ3n) is 9.03. The fraction of sp³-hybridized carbons (Fsp3) is 0.600. The van der Waals surface area contributed by atoms with Gasteiger partial charge >= 0.3 is 0 Å². The van der Waals surface area contributed by atoms with E-state index in [0.29, 0.717) is 28.7 Å². The van der Waals surface area contributed by atoms with Gasteiger partial charge in [-0.05, 0) is 83.5 Å². The van der Waals surface area contributed by atoms with Crippen molar-refractivity contribution in [3.05, 3.63) is 36.3 Å². The monoisotopic (exact) mass is 564 g/mol. The number of hydrogen-bond donors (Lipinski definition) is 3. The minimum Gasteiger partial charge on any atom is -0.393 e. The second kappa shape index (κ2) is 12.3. The van der Waals surface area contributed by atoms with Crippen molar-refractivity contribution in [3.8, 4) is 0 Å². The van der Waals surface area contributed by atoms with Crippen molar-refractivity contribution in [1.82, 2.24) is 29.3 Å². The van der Waals surface area contributed by atoms with Gasteiger partial charge in [0.1, 0.15) is 11.3 Å². The zero-order valence-electron chi connectivity index (χ0n) is 23.8. The number of fused-ring (bicyclic) bond motifs is 1. The maximum absolute atomic E-state index is 14.6. The molecular formula is C30H41FN8O2. The molecular weight excluding hydrogens is 523 g/mol. The Morgan fingerprint density at radius 2 is 1.76 bits per heavy atom. The van der Waals surface area contributed by atoms with E-state index >= 15 is 0 Å². The minimum atomic E-state index is -0.351. The van der Waals surface area contributed by atoms with E-state index in [1.54, 1.807) is 24.4 Å². The van der Waals surface area contributed by atoms with E-state index in [-0.39, 0.29) is 35.8 Å². The molecule has 3 aromatic rings. The molecule has 3 fully saturated rings. The fourth-order valence-corrected chi connectivity index (χ4v) is 6.59. The summed E-state index contributed by atoms with van der Waals surface area (Å²) in [5.74, 6) is 1.03. The summed E-state index contributed by atoms with van der Waals surface area (Å²) in [6.07, 6.45) is 9.01. The van der Waals surface area contributed by atoms with Crippen LogP contribution in [0, 0.1) is 11.7 Å². The maximum atomic E-state index is 14.6. The van der Waals surface area contributed by atoms with E-state index in [2.05, 4.69) is 37.0 Å². The van der Waals surface area contributed by atoms with Crippen LogP contribution >= 0.6 is 0 Å². The van der Waals surface area contributed by atoms with E-state index in [0.717, 1.165) is 84.0 Å². The highest BCUT2D eigenvalue weighted by atomic mass is 19.1. The summed E-state index contributed by atoms with van der Waals surface area (Å²) in [6, 6.07) is 6.86. The number of nitrogens with one attached hydrogen (secondary N) is 2. The molecule has 10 nitrogen and oxygen atoms in total. The molecule has 1 aromatic carbocycles. The standard InChI is InChI=1S/C30H41FN8O2/c1-37-15-4-16-38(18-17-37)28(41)20-7-11-22(12-8-20)39-27-26(35-30(39)34-25-6-3-2-5-24(25)31)19-32-29(36-27)33-21-9-13-23(40)14-10-21/h2-3,5-6,19-23,40H,4,7-18H2,1H3,(H,34,35)(H,32,33,36). The van der Waals surface area contributed by atoms with Crippen LogP contribution in [0.15, 0.2) is 30.5 Å². The first-order chi connectivity index (χ1) is 19.9. The van der Waals surface area contributed by atoms with Crippen LogP contribution in [0.25, 0.3) is 11.2 Å². The predicted octanol–water partition coefficient (Wildman–Crippen LogP) is 4.32. The van der Waals surface area contributed by atoms with E-state index in [9.17, 15) is 14.3 Å². The number of carbonyl (C=O) groups excluding carboxylic acids is 1. The second-order valence-electron chi connectivity index (χ2n) is 12.0. The summed E-state index contributed by atoms with van der Waals surface area (Å²) < 4.78 is 16.7. The van der Waals surface area contributed by atoms with Crippen molar-refractivity contribution in [2.45, 2.75) is 76.0 Å². The molecule has 11 heteroatoms. The second-order valence-corrected chi connectivity index (χ2v) is 12.0. The highest BCUT2D eigenvalue weighted by molar-refractivity contribution is 5.79. The molecule has 6 rings (SSSR count). The van der Waals surface area contributed by atoms with Gasteiger partial charge in [0, 0.05) is 37.6 Å². The molecule has 3 heterocycles. The Kier molecular flexibility index (Phi) is 8.34. The molecule has 0 radical (unpaired) electrons. The van der Waals surface area contributed by atoms with E-state index in [1.165, 1.54) is 6.07 Å². The summed E-state index contributed by atoms with van der Waals surface area (Å²) in [6.45, 7) is 3.58. The van der Waals surface area contributed by atoms with Gasteiger partial charge in [0.05, 0.1) is 18.0 Å². The molecule has 2 aliphatic carbocycles. The zero-order chi connectivity index (χ0) is 28.3. The number of aromatic nitrogens is 4. The van der Waals surface area contributed by atoms with Gasteiger partial charge in [-0.15, -0.1) is 0 Å². The van der Waals surface area contributed by atoms with Gasteiger partial charge in [0.25, 0.3) is 0 Å². The largest absolute Gasteiger partial charge is 0.393 e. The number of anilines is 3. The third kappa shape index (κ3) is 6.30. The van der Waals surface area contributed by atoms with Gasteiger partial charge in [-0.25, -0.2) is 14.4 Å². The Morgan fingerprint density at radius 3 is 2.54 bits per heavy atom. The average Bonchev–Trinajstić information content (AvgIpc) is 3.18. The van der Waals surface area contributed by atoms with Gasteiger partial charge in [-0.1, -0.05) is 12.1 Å². The number of hydrogen-bond acceptors (Lipinski definition) is 8. The number of rotatable bonds is 6. The first-order valence-corrected chi connectivity index (χ1v) is 15.1. The lowest BCUT2D eigenvalue weighted by Gasteiger charge is -2.33. The number of imidazole rings is 1. The van der Waals surface area contributed by atoms with Crippen LogP contribution in [0.4, 0.5) is 22.0 Å². The number of carbonyl (C=O) groups is 1. The van der Waals surface area contributed by atoms with Crippen molar-refractivity contribution in [2.75, 3.05) is 43.9 Å². The number of para-hydroxylation sites is 1. The molecule has 0 bridgehead atoms. The molecule has 2 aromatic heterocycles. The number of likely N-dealkylation sites (N-methyl/N-ethyl adjacent to an activating group) is 1. The highest BCUT2D eigenvalue weighted by Gasteiger charge is 2.33. The Morgan fingerprint density at radius 1 is 0.976 bits per heavy atom. The summed E-state index contributed by atoms with van der Waals surface area (Å²) in [5.41, 5.74) is 1.69. The van der Waals surface area contributed by atoms with Crippen LogP contribution < -0.4 is 10.6 Å². The molecule has 0 spiro atoms. The Balaban J connectivity index is 1.24. The Labute approximate surface area is 240 Å². The number of aliphatic hydroxyl groups excluding tert-OH is 1. The van der Waals surface area contributed by atoms with Crippen molar-refractivity contribution >= 4 is 34.7 Å². The maximum Gasteiger partial charge on any atom is 0.225 e. The number of aliphatic hydroxyl groups is 1. The number of amides is 1. The molecule has 0 atom stereocenters. The number of halogens is 1. The normalized spacial score (nSPS) is 26.1. The Bertz CT molecular complexity index is 1350. The molecule has 1 aliphatic heterocycles. The topological polar surface area (TPSA) is 111 Å². The third-order valence-corrected chi connectivity index (χ3v) is 9.03. The summed E-state index contributed by atoms with van der Waals surface area (Å²) >= 11 is 0. The molecule has 3 aliphatic rings.